The summed E-state index contributed by atoms with van der Waals surface area (Å²) in [6.45, 7) is 2.43. The molecule has 0 amide bonds. The molecule has 0 N–H and O–H groups in total. The molecule has 3 heteroatoms. The van der Waals surface area contributed by atoms with Crippen LogP contribution in [-0.2, 0) is 17.8 Å². The molecule has 2 rings (SSSR count). The molecule has 0 radical (unpaired) electrons. The molecule has 0 aliphatic rings. The van der Waals surface area contributed by atoms with Crippen LogP contribution in [0.15, 0.2) is 48.5 Å². The van der Waals surface area contributed by atoms with Gasteiger partial charge in [0.15, 0.2) is 0 Å². The van der Waals surface area contributed by atoms with Crippen LogP contribution in [0.25, 0.3) is 0 Å². The monoisotopic (exact) mass is 270 g/mol. The Morgan fingerprint density at radius 3 is 2.35 bits per heavy atom. The molecule has 0 aromatic heterocycles. The third-order valence-corrected chi connectivity index (χ3v) is 3.09. The second-order valence-electron chi connectivity index (χ2n) is 4.44. The second-order valence-corrected chi connectivity index (χ2v) is 4.44. The van der Waals surface area contributed by atoms with Crippen LogP contribution in [0.2, 0.25) is 0 Å². The van der Waals surface area contributed by atoms with Crippen molar-refractivity contribution in [2.45, 2.75) is 20.0 Å². The van der Waals surface area contributed by atoms with Gasteiger partial charge in [-0.2, -0.15) is 0 Å². The van der Waals surface area contributed by atoms with Gasteiger partial charge in [0.2, 0.25) is 0 Å². The van der Waals surface area contributed by atoms with Crippen molar-refractivity contribution in [3.8, 4) is 5.75 Å². The smallest absolute Gasteiger partial charge is 0.343 e. The van der Waals surface area contributed by atoms with Crippen LogP contribution in [0.3, 0.4) is 0 Å². The number of esters is 1. The second kappa shape index (κ2) is 6.87. The van der Waals surface area contributed by atoms with Crippen LogP contribution in [0.1, 0.15) is 28.4 Å². The van der Waals surface area contributed by atoms with E-state index in [0.717, 1.165) is 17.5 Å². The average Bonchev–Trinajstić information content (AvgIpc) is 2.49. The Bertz CT molecular complexity index is 590. The van der Waals surface area contributed by atoms with Crippen LogP contribution >= 0.6 is 0 Å². The lowest BCUT2D eigenvalue weighted by atomic mass is 10.1. The summed E-state index contributed by atoms with van der Waals surface area (Å²) in [5.74, 6) is 0.219. The molecule has 0 atom stereocenters. The number of ether oxygens (including phenoxy) is 2. The molecule has 0 heterocycles. The average molecular weight is 270 g/mol. The predicted octanol–water partition coefficient (Wildman–Crippen LogP) is 3.61. The number of carbonyl (C=O) groups is 1. The van der Waals surface area contributed by atoms with Gasteiger partial charge < -0.3 is 9.47 Å². The minimum Gasteiger partial charge on any atom is -0.423 e. The van der Waals surface area contributed by atoms with Crippen LogP contribution in [0.4, 0.5) is 0 Å². The first-order valence-electron chi connectivity index (χ1n) is 6.63. The lowest BCUT2D eigenvalue weighted by Crippen LogP contribution is -2.12. The Hall–Kier alpha value is -2.13. The van der Waals surface area contributed by atoms with Crippen molar-refractivity contribution in [2.75, 3.05) is 7.11 Å². The van der Waals surface area contributed by atoms with Crippen LogP contribution in [-0.4, -0.2) is 13.1 Å². The molecule has 0 aliphatic carbocycles. The van der Waals surface area contributed by atoms with Crippen molar-refractivity contribution < 1.29 is 14.3 Å². The third kappa shape index (κ3) is 3.25. The van der Waals surface area contributed by atoms with E-state index >= 15 is 0 Å². The SMILES string of the molecule is CCc1ccccc1C(=O)Oc1ccccc1COC. The standard InChI is InChI=1S/C17H18O3/c1-3-13-8-4-6-10-15(13)17(18)20-16-11-7-5-9-14(16)12-19-2/h4-11H,3,12H2,1-2H3. The van der Waals surface area contributed by atoms with Crippen molar-refractivity contribution >= 4 is 5.97 Å². The van der Waals surface area contributed by atoms with Crippen molar-refractivity contribution in [1.29, 1.82) is 0 Å². The topological polar surface area (TPSA) is 35.5 Å². The van der Waals surface area contributed by atoms with Crippen molar-refractivity contribution in [1.82, 2.24) is 0 Å². The quantitative estimate of drug-likeness (QED) is 0.615. The number of benzene rings is 2. The Morgan fingerprint density at radius 1 is 1.00 bits per heavy atom. The molecule has 0 bridgehead atoms. The van der Waals surface area contributed by atoms with Gasteiger partial charge in [-0.05, 0) is 24.1 Å². The Balaban J connectivity index is 2.24. The molecule has 0 fully saturated rings. The highest BCUT2D eigenvalue weighted by molar-refractivity contribution is 5.92. The third-order valence-electron chi connectivity index (χ3n) is 3.09. The van der Waals surface area contributed by atoms with Crippen molar-refractivity contribution in [3.05, 3.63) is 65.2 Å². The Morgan fingerprint density at radius 2 is 1.65 bits per heavy atom. The van der Waals surface area contributed by atoms with E-state index in [0.29, 0.717) is 17.9 Å². The number of hydrogen-bond acceptors (Lipinski definition) is 3. The summed E-state index contributed by atoms with van der Waals surface area (Å²) in [4.78, 5) is 12.3. The highest BCUT2D eigenvalue weighted by atomic mass is 16.5. The fourth-order valence-electron chi connectivity index (χ4n) is 2.06. The summed E-state index contributed by atoms with van der Waals surface area (Å²) >= 11 is 0. The van der Waals surface area contributed by atoms with Gasteiger partial charge >= 0.3 is 5.97 Å². The van der Waals surface area contributed by atoms with E-state index in [1.807, 2.05) is 43.3 Å². The molecule has 0 saturated carbocycles. The Kier molecular flexibility index (Phi) is 4.91. The minimum absolute atomic E-state index is 0.328. The van der Waals surface area contributed by atoms with Gasteiger partial charge in [0.25, 0.3) is 0 Å². The summed E-state index contributed by atoms with van der Waals surface area (Å²) in [6.07, 6.45) is 0.797. The van der Waals surface area contributed by atoms with E-state index in [2.05, 4.69) is 0 Å². The zero-order chi connectivity index (χ0) is 14.4. The molecule has 0 unspecified atom stereocenters. The van der Waals surface area contributed by atoms with Crippen molar-refractivity contribution in [2.24, 2.45) is 0 Å². The van der Waals surface area contributed by atoms with E-state index in [4.69, 9.17) is 9.47 Å². The predicted molar refractivity (Wildman–Crippen MR) is 77.9 cm³/mol. The maximum Gasteiger partial charge on any atom is 0.343 e. The molecule has 2 aromatic rings. The maximum absolute atomic E-state index is 12.3. The molecule has 3 nitrogen and oxygen atoms in total. The Labute approximate surface area is 119 Å². The first kappa shape index (κ1) is 14.3. The van der Waals surface area contributed by atoms with Gasteiger partial charge in [-0.1, -0.05) is 43.3 Å². The summed E-state index contributed by atoms with van der Waals surface area (Å²) < 4.78 is 10.6. The first-order chi connectivity index (χ1) is 9.76. The number of hydrogen-bond donors (Lipinski definition) is 0. The van der Waals surface area contributed by atoms with Crippen LogP contribution in [0.5, 0.6) is 5.75 Å². The zero-order valence-electron chi connectivity index (χ0n) is 11.8. The molecule has 0 aliphatic heterocycles. The number of para-hydroxylation sites is 1. The number of rotatable bonds is 5. The number of aryl methyl sites for hydroxylation is 1. The first-order valence-corrected chi connectivity index (χ1v) is 6.63. The zero-order valence-corrected chi connectivity index (χ0v) is 11.8. The van der Waals surface area contributed by atoms with E-state index in [1.54, 1.807) is 19.2 Å². The van der Waals surface area contributed by atoms with E-state index in [1.165, 1.54) is 0 Å². The molecule has 0 saturated heterocycles. The molecular formula is C17H18O3. The summed E-state index contributed by atoms with van der Waals surface area (Å²) in [6, 6.07) is 14.9. The summed E-state index contributed by atoms with van der Waals surface area (Å²) in [5.41, 5.74) is 2.46. The van der Waals surface area contributed by atoms with Crippen molar-refractivity contribution in [3.63, 3.8) is 0 Å². The largest absolute Gasteiger partial charge is 0.423 e. The van der Waals surface area contributed by atoms with Gasteiger partial charge in [-0.3, -0.25) is 0 Å². The van der Waals surface area contributed by atoms with Gasteiger partial charge in [0.05, 0.1) is 12.2 Å². The van der Waals surface area contributed by atoms with E-state index in [-0.39, 0.29) is 5.97 Å². The maximum atomic E-state index is 12.3. The molecule has 104 valence electrons. The van der Waals surface area contributed by atoms with Gasteiger partial charge in [-0.15, -0.1) is 0 Å². The fraction of sp³-hybridized carbons (Fsp3) is 0.235. The van der Waals surface area contributed by atoms with Gasteiger partial charge in [0.1, 0.15) is 5.75 Å². The number of carbonyl (C=O) groups excluding carboxylic acids is 1. The van der Waals surface area contributed by atoms with E-state index in [9.17, 15) is 4.79 Å². The molecule has 20 heavy (non-hydrogen) atoms. The van der Waals surface area contributed by atoms with Gasteiger partial charge in [0, 0.05) is 12.7 Å². The van der Waals surface area contributed by atoms with Gasteiger partial charge in [-0.25, -0.2) is 4.79 Å². The highest BCUT2D eigenvalue weighted by Crippen LogP contribution is 2.21. The number of methoxy groups -OCH3 is 1. The summed E-state index contributed by atoms with van der Waals surface area (Å²) in [7, 11) is 1.62. The van der Waals surface area contributed by atoms with Crippen LogP contribution < -0.4 is 4.74 Å². The molecular weight excluding hydrogens is 252 g/mol. The minimum atomic E-state index is -0.328. The highest BCUT2D eigenvalue weighted by Gasteiger charge is 2.14. The lowest BCUT2D eigenvalue weighted by Gasteiger charge is -2.11. The lowest BCUT2D eigenvalue weighted by molar-refractivity contribution is 0.0728. The summed E-state index contributed by atoms with van der Waals surface area (Å²) in [5, 5.41) is 0. The normalized spacial score (nSPS) is 10.3. The molecule has 0 spiro atoms. The fourth-order valence-corrected chi connectivity index (χ4v) is 2.06. The van der Waals surface area contributed by atoms with E-state index < -0.39 is 0 Å². The van der Waals surface area contributed by atoms with Crippen LogP contribution in [0, 0.1) is 0 Å². The molecule has 2 aromatic carbocycles.